The van der Waals surface area contributed by atoms with E-state index in [1.165, 1.54) is 0 Å². The summed E-state index contributed by atoms with van der Waals surface area (Å²) in [5, 5.41) is 15.4. The number of nitrogens with zero attached hydrogens (tertiary/aromatic N) is 3. The third-order valence-corrected chi connectivity index (χ3v) is 3.72. The number of pyridine rings is 1. The minimum Gasteiger partial charge on any atom is -0.368 e. The van der Waals surface area contributed by atoms with Gasteiger partial charge in [-0.3, -0.25) is 0 Å². The first-order valence-electron chi connectivity index (χ1n) is 5.40. The monoisotopic (exact) mass is 278 g/mol. The molecule has 92 valence electrons. The molecule has 1 N–H and O–H groups in total. The second-order valence-electron chi connectivity index (χ2n) is 3.69. The molecule has 6 heteroatoms. The van der Waals surface area contributed by atoms with Gasteiger partial charge in [-0.15, -0.1) is 11.3 Å². The molecular weight excluding hydrogens is 268 g/mol. The highest BCUT2D eigenvalue weighted by molar-refractivity contribution is 7.09. The maximum atomic E-state index is 8.85. The van der Waals surface area contributed by atoms with E-state index in [4.69, 9.17) is 16.9 Å². The van der Waals surface area contributed by atoms with Gasteiger partial charge in [0.2, 0.25) is 0 Å². The number of aryl methyl sites for hydroxylation is 1. The number of thiazole rings is 1. The Morgan fingerprint density at radius 3 is 3.06 bits per heavy atom. The van der Waals surface area contributed by atoms with Gasteiger partial charge in [-0.2, -0.15) is 5.26 Å². The van der Waals surface area contributed by atoms with Crippen molar-refractivity contribution in [2.45, 2.75) is 13.3 Å². The number of hydrogen-bond donors (Lipinski definition) is 1. The number of hydrogen-bond acceptors (Lipinski definition) is 5. The molecule has 0 spiro atoms. The highest BCUT2D eigenvalue weighted by Gasteiger charge is 2.06. The first-order valence-corrected chi connectivity index (χ1v) is 6.66. The summed E-state index contributed by atoms with van der Waals surface area (Å²) < 4.78 is 0. The molecule has 2 rings (SSSR count). The SMILES string of the molecule is Cc1csc(CCNc2nccc(C#N)c2Cl)n1. The maximum Gasteiger partial charge on any atom is 0.146 e. The van der Waals surface area contributed by atoms with E-state index in [1.54, 1.807) is 23.6 Å². The molecule has 0 saturated carbocycles. The van der Waals surface area contributed by atoms with Gasteiger partial charge in [0.05, 0.1) is 10.6 Å². The number of aromatic nitrogens is 2. The van der Waals surface area contributed by atoms with Crippen molar-refractivity contribution in [2.24, 2.45) is 0 Å². The zero-order valence-corrected chi connectivity index (χ0v) is 11.3. The lowest BCUT2D eigenvalue weighted by molar-refractivity contribution is 0.977. The normalized spacial score (nSPS) is 10.1. The smallest absolute Gasteiger partial charge is 0.146 e. The third-order valence-electron chi connectivity index (χ3n) is 2.31. The predicted octanol–water partition coefficient (Wildman–Crippen LogP) is 3.03. The summed E-state index contributed by atoms with van der Waals surface area (Å²) in [6, 6.07) is 3.62. The summed E-state index contributed by atoms with van der Waals surface area (Å²) in [6.45, 7) is 2.66. The van der Waals surface area contributed by atoms with Gasteiger partial charge in [0, 0.05) is 30.2 Å². The quantitative estimate of drug-likeness (QED) is 0.934. The Morgan fingerprint density at radius 1 is 1.56 bits per heavy atom. The van der Waals surface area contributed by atoms with E-state index in [2.05, 4.69) is 15.3 Å². The number of nitrogens with one attached hydrogen (secondary N) is 1. The number of halogens is 1. The van der Waals surface area contributed by atoms with Gasteiger partial charge in [0.15, 0.2) is 0 Å². The average molecular weight is 279 g/mol. The first kappa shape index (κ1) is 12.8. The molecule has 2 aromatic rings. The molecule has 2 heterocycles. The molecule has 2 aromatic heterocycles. The van der Waals surface area contributed by atoms with Gasteiger partial charge in [-0.1, -0.05) is 11.6 Å². The van der Waals surface area contributed by atoms with Crippen molar-refractivity contribution >= 4 is 28.8 Å². The number of nitriles is 1. The van der Waals surface area contributed by atoms with Crippen LogP contribution in [-0.2, 0) is 6.42 Å². The van der Waals surface area contributed by atoms with Gasteiger partial charge < -0.3 is 5.32 Å². The Labute approximate surface area is 114 Å². The van der Waals surface area contributed by atoms with Crippen molar-refractivity contribution in [3.05, 3.63) is 38.9 Å². The lowest BCUT2D eigenvalue weighted by atomic mass is 10.3. The summed E-state index contributed by atoms with van der Waals surface area (Å²) in [5.41, 5.74) is 1.47. The molecule has 0 aliphatic rings. The number of rotatable bonds is 4. The van der Waals surface area contributed by atoms with E-state index in [-0.39, 0.29) is 0 Å². The zero-order valence-electron chi connectivity index (χ0n) is 9.77. The van der Waals surface area contributed by atoms with Crippen LogP contribution in [-0.4, -0.2) is 16.5 Å². The largest absolute Gasteiger partial charge is 0.368 e. The van der Waals surface area contributed by atoms with E-state index in [1.807, 2.05) is 18.4 Å². The molecule has 0 atom stereocenters. The Bertz CT molecular complexity index is 588. The highest BCUT2D eigenvalue weighted by atomic mass is 35.5. The van der Waals surface area contributed by atoms with Crippen LogP contribution in [0, 0.1) is 18.3 Å². The molecule has 0 aliphatic carbocycles. The fourth-order valence-electron chi connectivity index (χ4n) is 1.46. The topological polar surface area (TPSA) is 61.6 Å². The van der Waals surface area contributed by atoms with Crippen LogP contribution in [0.5, 0.6) is 0 Å². The van der Waals surface area contributed by atoms with Crippen LogP contribution in [0.15, 0.2) is 17.6 Å². The van der Waals surface area contributed by atoms with E-state index < -0.39 is 0 Å². The van der Waals surface area contributed by atoms with Crippen LogP contribution >= 0.6 is 22.9 Å². The van der Waals surface area contributed by atoms with Crippen molar-refractivity contribution in [1.29, 1.82) is 5.26 Å². The van der Waals surface area contributed by atoms with Crippen molar-refractivity contribution in [3.8, 4) is 6.07 Å². The second-order valence-corrected chi connectivity index (χ2v) is 5.01. The van der Waals surface area contributed by atoms with E-state index in [0.29, 0.717) is 22.9 Å². The molecule has 0 bridgehead atoms. The van der Waals surface area contributed by atoms with Gasteiger partial charge in [0.25, 0.3) is 0 Å². The van der Waals surface area contributed by atoms with Gasteiger partial charge >= 0.3 is 0 Å². The summed E-state index contributed by atoms with van der Waals surface area (Å²) in [7, 11) is 0. The standard InChI is InChI=1S/C12H11ClN4S/c1-8-7-18-10(17-8)3-5-16-12-11(13)9(6-14)2-4-15-12/h2,4,7H,3,5H2,1H3,(H,15,16). The molecular formula is C12H11ClN4S. The summed E-state index contributed by atoms with van der Waals surface area (Å²) >= 11 is 7.67. The second kappa shape index (κ2) is 5.80. The van der Waals surface area contributed by atoms with Gasteiger partial charge in [-0.05, 0) is 13.0 Å². The molecule has 0 aliphatic heterocycles. The van der Waals surface area contributed by atoms with Crippen molar-refractivity contribution in [3.63, 3.8) is 0 Å². The van der Waals surface area contributed by atoms with Crippen LogP contribution in [0.4, 0.5) is 5.82 Å². The van der Waals surface area contributed by atoms with Crippen LogP contribution in [0.2, 0.25) is 5.02 Å². The third kappa shape index (κ3) is 2.97. The molecule has 0 amide bonds. The summed E-state index contributed by atoms with van der Waals surface area (Å²) in [4.78, 5) is 8.48. The van der Waals surface area contributed by atoms with Crippen LogP contribution in [0.3, 0.4) is 0 Å². The Morgan fingerprint density at radius 2 is 2.39 bits per heavy atom. The zero-order chi connectivity index (χ0) is 13.0. The van der Waals surface area contributed by atoms with E-state index in [9.17, 15) is 0 Å². The van der Waals surface area contributed by atoms with E-state index >= 15 is 0 Å². The number of anilines is 1. The summed E-state index contributed by atoms with van der Waals surface area (Å²) in [5.74, 6) is 0.545. The Hall–Kier alpha value is -1.64. The molecule has 18 heavy (non-hydrogen) atoms. The molecule has 0 aromatic carbocycles. The predicted molar refractivity (Wildman–Crippen MR) is 73.0 cm³/mol. The van der Waals surface area contributed by atoms with Gasteiger partial charge in [-0.25, -0.2) is 9.97 Å². The first-order chi connectivity index (χ1) is 8.70. The molecule has 0 unspecified atom stereocenters. The average Bonchev–Trinajstić information content (AvgIpc) is 2.77. The summed E-state index contributed by atoms with van der Waals surface area (Å²) in [6.07, 6.45) is 2.38. The Kier molecular flexibility index (Phi) is 4.13. The van der Waals surface area contributed by atoms with Crippen molar-refractivity contribution in [1.82, 2.24) is 9.97 Å². The lowest BCUT2D eigenvalue weighted by Crippen LogP contribution is -2.07. The molecule has 0 saturated heterocycles. The fraction of sp³-hybridized carbons (Fsp3) is 0.250. The van der Waals surface area contributed by atoms with E-state index in [0.717, 1.165) is 17.1 Å². The van der Waals surface area contributed by atoms with Crippen LogP contribution in [0.25, 0.3) is 0 Å². The molecule has 4 nitrogen and oxygen atoms in total. The van der Waals surface area contributed by atoms with Crippen LogP contribution < -0.4 is 5.32 Å². The highest BCUT2D eigenvalue weighted by Crippen LogP contribution is 2.22. The van der Waals surface area contributed by atoms with Crippen molar-refractivity contribution in [2.75, 3.05) is 11.9 Å². The molecule has 0 fully saturated rings. The lowest BCUT2D eigenvalue weighted by Gasteiger charge is -2.06. The van der Waals surface area contributed by atoms with Gasteiger partial charge in [0.1, 0.15) is 16.9 Å². The fourth-order valence-corrected chi connectivity index (χ4v) is 2.46. The molecule has 0 radical (unpaired) electrons. The Balaban J connectivity index is 1.97. The minimum atomic E-state index is 0.371. The maximum absolute atomic E-state index is 8.85. The van der Waals surface area contributed by atoms with Crippen LogP contribution in [0.1, 0.15) is 16.3 Å². The minimum absolute atomic E-state index is 0.371. The van der Waals surface area contributed by atoms with Crippen molar-refractivity contribution < 1.29 is 0 Å².